The first kappa shape index (κ1) is 35.6. The second kappa shape index (κ2) is 21.6. The lowest BCUT2D eigenvalue weighted by Crippen LogP contribution is -2.47. The molecule has 13 nitrogen and oxygen atoms in total. The molecule has 40 heavy (non-hydrogen) atoms. The van der Waals surface area contributed by atoms with Crippen molar-refractivity contribution in [3.05, 3.63) is 47.9 Å². The smallest absolute Gasteiger partial charge is 0.243 e. The normalized spacial score (nSPS) is 14.4. The zero-order valence-corrected chi connectivity index (χ0v) is 23.5. The van der Waals surface area contributed by atoms with Crippen LogP contribution >= 0.6 is 0 Å². The van der Waals surface area contributed by atoms with Crippen LogP contribution in [0.15, 0.2) is 47.4 Å². The van der Waals surface area contributed by atoms with E-state index in [1.807, 2.05) is 44.4 Å². The number of allylic oxidation sites excluding steroid dienone is 1. The molecule has 1 aromatic heterocycles. The van der Waals surface area contributed by atoms with Crippen LogP contribution in [0, 0.1) is 0 Å². The number of rotatable bonds is 11. The van der Waals surface area contributed by atoms with Crippen molar-refractivity contribution in [3.8, 4) is 0 Å². The van der Waals surface area contributed by atoms with Crippen LogP contribution in [-0.4, -0.2) is 93.5 Å². The molecule has 1 aromatic carbocycles. The number of para-hydroxylation sites is 1. The molecule has 1 aliphatic heterocycles. The molecule has 1 aliphatic rings. The van der Waals surface area contributed by atoms with Crippen molar-refractivity contribution in [1.82, 2.24) is 31.6 Å². The van der Waals surface area contributed by atoms with E-state index in [0.717, 1.165) is 35.6 Å². The van der Waals surface area contributed by atoms with Gasteiger partial charge in [0.1, 0.15) is 18.6 Å². The Morgan fingerprint density at radius 1 is 1.23 bits per heavy atom. The van der Waals surface area contributed by atoms with Gasteiger partial charge in [-0.15, -0.1) is 0 Å². The number of nitrogens with zero attached hydrogens (tertiary/aromatic N) is 1. The Labute approximate surface area is 234 Å². The van der Waals surface area contributed by atoms with Crippen LogP contribution in [-0.2, 0) is 30.4 Å². The molecule has 3 amide bonds. The maximum atomic E-state index is 12.0. The minimum absolute atomic E-state index is 0.172. The minimum atomic E-state index is -0.690. The van der Waals surface area contributed by atoms with Gasteiger partial charge in [-0.25, -0.2) is 0 Å². The van der Waals surface area contributed by atoms with E-state index < -0.39 is 23.9 Å². The summed E-state index contributed by atoms with van der Waals surface area (Å²) in [5.74, 6) is -1.03. The van der Waals surface area contributed by atoms with Crippen LogP contribution in [0.3, 0.4) is 0 Å². The molecule has 0 bridgehead atoms. The highest BCUT2D eigenvalue weighted by Gasteiger charge is 2.27. The Morgan fingerprint density at radius 2 is 1.93 bits per heavy atom. The fraction of sp³-hybridized carbons (Fsp3) is 0.407. The number of carbonyl (C=O) groups is 5. The molecule has 7 N–H and O–H groups in total. The largest absolute Gasteiger partial charge is 0.400 e. The number of hydrogen-bond donors (Lipinski definition) is 7. The molecular weight excluding hydrogens is 518 g/mol. The van der Waals surface area contributed by atoms with Gasteiger partial charge in [-0.2, -0.15) is 0 Å². The number of carbonyl (C=O) groups excluding carboxylic acids is 5. The van der Waals surface area contributed by atoms with Crippen molar-refractivity contribution in [2.24, 2.45) is 4.99 Å². The number of aromatic nitrogens is 1. The summed E-state index contributed by atoms with van der Waals surface area (Å²) in [6.45, 7) is 5.42. The SMILES string of the molecule is C=N/C=C(/C)NC.CNCC=O.CO.O=CC(Cc1c[nH]c2ccccc12)NC(=O)CNC(=O)C1CCC(=O)N1. The van der Waals surface area contributed by atoms with Gasteiger partial charge >= 0.3 is 0 Å². The predicted octanol–water partition coefficient (Wildman–Crippen LogP) is -0.430. The zero-order valence-electron chi connectivity index (χ0n) is 23.5. The number of hydrogen-bond acceptors (Lipinski definition) is 9. The molecule has 0 radical (unpaired) electrons. The van der Waals surface area contributed by atoms with Gasteiger partial charge in [-0.05, 0) is 38.7 Å². The van der Waals surface area contributed by atoms with Crippen molar-refractivity contribution in [2.45, 2.75) is 38.3 Å². The predicted molar refractivity (Wildman–Crippen MR) is 155 cm³/mol. The van der Waals surface area contributed by atoms with Gasteiger partial charge in [-0.3, -0.25) is 19.4 Å². The number of aliphatic hydroxyl groups excluding tert-OH is 1. The Hall–Kier alpha value is -4.36. The van der Waals surface area contributed by atoms with Crippen LogP contribution in [0.2, 0.25) is 0 Å². The Bertz CT molecular complexity index is 1120. The maximum absolute atomic E-state index is 12.0. The van der Waals surface area contributed by atoms with Gasteiger partial charge < -0.3 is 46.3 Å². The van der Waals surface area contributed by atoms with E-state index in [9.17, 15) is 24.0 Å². The highest BCUT2D eigenvalue weighted by atomic mass is 16.2. The number of aliphatic imine (C=N–C) groups is 1. The molecule has 0 spiro atoms. The molecular formula is C27H41N7O6. The van der Waals surface area contributed by atoms with E-state index in [4.69, 9.17) is 5.11 Å². The molecule has 13 heteroatoms. The standard InChI is InChI=1S/C18H20N4O4.C5H10N2.C3H7NO.CH4O/c23-10-12(7-11-8-19-14-4-2-1-3-13(11)14)21-17(25)9-20-18(26)15-5-6-16(24)22-15;1-5(7-3)4-6-2;1-4-2-3-5;1-2/h1-4,8,10,12,15,19H,5-7,9H2,(H,20,26)(H,21,25)(H,22,24);4,7H,2H2,1,3H3;3-4H,2H2,1H3;2H,1H3/b;5-4-;;. The Morgan fingerprint density at radius 3 is 2.42 bits per heavy atom. The quantitative estimate of drug-likeness (QED) is 0.142. The molecule has 2 unspecified atom stereocenters. The van der Waals surface area contributed by atoms with Crippen LogP contribution in [0.1, 0.15) is 25.3 Å². The number of H-pyrrole nitrogens is 1. The highest BCUT2D eigenvalue weighted by molar-refractivity contribution is 5.93. The van der Waals surface area contributed by atoms with E-state index in [0.29, 0.717) is 32.1 Å². The second-order valence-electron chi connectivity index (χ2n) is 8.22. The third-order valence-electron chi connectivity index (χ3n) is 5.33. The average molecular weight is 560 g/mol. The lowest BCUT2D eigenvalue weighted by molar-refractivity contribution is -0.128. The van der Waals surface area contributed by atoms with Crippen molar-refractivity contribution < 1.29 is 29.1 Å². The highest BCUT2D eigenvalue weighted by Crippen LogP contribution is 2.18. The number of aldehydes is 2. The van der Waals surface area contributed by atoms with Crippen molar-refractivity contribution >= 4 is 47.9 Å². The van der Waals surface area contributed by atoms with Gasteiger partial charge in [0.25, 0.3) is 0 Å². The fourth-order valence-electron chi connectivity index (χ4n) is 3.31. The van der Waals surface area contributed by atoms with Crippen molar-refractivity contribution in [3.63, 3.8) is 0 Å². The lowest BCUT2D eigenvalue weighted by atomic mass is 10.1. The van der Waals surface area contributed by atoms with Gasteiger partial charge in [0.2, 0.25) is 17.7 Å². The summed E-state index contributed by atoms with van der Waals surface area (Å²) in [4.78, 5) is 62.3. The molecule has 1 saturated heterocycles. The number of fused-ring (bicyclic) bond motifs is 1. The summed E-state index contributed by atoms with van der Waals surface area (Å²) in [7, 11) is 4.57. The number of likely N-dealkylation sites (N-methyl/N-ethyl adjacent to an activating group) is 1. The molecule has 3 rings (SSSR count). The zero-order chi connectivity index (χ0) is 30.3. The van der Waals surface area contributed by atoms with Gasteiger partial charge in [0.05, 0.1) is 19.1 Å². The summed E-state index contributed by atoms with van der Waals surface area (Å²) in [5, 5.41) is 21.2. The van der Waals surface area contributed by atoms with E-state index in [2.05, 4.69) is 43.3 Å². The Kier molecular flexibility index (Phi) is 19.2. The molecule has 2 atom stereocenters. The maximum Gasteiger partial charge on any atom is 0.243 e. The third kappa shape index (κ3) is 14.0. The number of aromatic amines is 1. The average Bonchev–Trinajstić information content (AvgIpc) is 3.60. The van der Waals surface area contributed by atoms with Crippen LogP contribution in [0.25, 0.3) is 10.9 Å². The number of aliphatic hydroxyl groups is 1. The molecule has 1 fully saturated rings. The summed E-state index contributed by atoms with van der Waals surface area (Å²) < 4.78 is 0. The fourth-order valence-corrected chi connectivity index (χ4v) is 3.31. The number of amides is 3. The number of benzene rings is 1. The van der Waals surface area contributed by atoms with Crippen molar-refractivity contribution in [1.29, 1.82) is 0 Å². The molecule has 2 aromatic rings. The molecule has 0 saturated carbocycles. The van der Waals surface area contributed by atoms with Gasteiger partial charge in [-0.1, -0.05) is 18.2 Å². The summed E-state index contributed by atoms with van der Waals surface area (Å²) in [6, 6.07) is 6.42. The van der Waals surface area contributed by atoms with E-state index in [-0.39, 0.29) is 12.5 Å². The first-order valence-corrected chi connectivity index (χ1v) is 12.5. The van der Waals surface area contributed by atoms with Crippen molar-refractivity contribution in [2.75, 3.05) is 34.3 Å². The van der Waals surface area contributed by atoms with Crippen LogP contribution in [0.4, 0.5) is 0 Å². The number of nitrogens with one attached hydrogen (secondary N) is 6. The lowest BCUT2D eigenvalue weighted by Gasteiger charge is -2.14. The van der Waals surface area contributed by atoms with E-state index in [1.54, 1.807) is 13.2 Å². The monoisotopic (exact) mass is 559 g/mol. The molecule has 220 valence electrons. The van der Waals surface area contributed by atoms with Gasteiger partial charge in [0.15, 0.2) is 0 Å². The van der Waals surface area contributed by atoms with Gasteiger partial charge in [0, 0.05) is 56.0 Å². The summed E-state index contributed by atoms with van der Waals surface area (Å²) >= 11 is 0. The second-order valence-corrected chi connectivity index (χ2v) is 8.22. The molecule has 2 heterocycles. The van der Waals surface area contributed by atoms with E-state index in [1.165, 1.54) is 0 Å². The summed E-state index contributed by atoms with van der Waals surface area (Å²) in [5.41, 5.74) is 2.91. The first-order valence-electron chi connectivity index (χ1n) is 12.5. The Balaban J connectivity index is 0.000000906. The summed E-state index contributed by atoms with van der Waals surface area (Å²) in [6.07, 6.45) is 6.06. The van der Waals surface area contributed by atoms with Crippen LogP contribution in [0.5, 0.6) is 0 Å². The minimum Gasteiger partial charge on any atom is -0.400 e. The first-order chi connectivity index (χ1) is 19.3. The molecule has 0 aliphatic carbocycles. The van der Waals surface area contributed by atoms with E-state index >= 15 is 0 Å². The third-order valence-corrected chi connectivity index (χ3v) is 5.33. The van der Waals surface area contributed by atoms with Crippen LogP contribution < -0.4 is 26.6 Å². The topological polar surface area (TPSA) is 194 Å².